The van der Waals surface area contributed by atoms with Gasteiger partial charge in [0.15, 0.2) is 0 Å². The zero-order chi connectivity index (χ0) is 30.2. The molecule has 41 heavy (non-hydrogen) atoms. The Balaban J connectivity index is 2.11. The van der Waals surface area contributed by atoms with E-state index in [9.17, 15) is 18.0 Å². The number of ether oxygens (including phenoxy) is 1. The zero-order valence-corrected chi connectivity index (χ0v) is 25.7. The Kier molecular flexibility index (Phi) is 11.2. The van der Waals surface area contributed by atoms with E-state index in [0.717, 1.165) is 16.3 Å². The molecule has 0 aliphatic carbocycles. The highest BCUT2D eigenvalue weighted by Gasteiger charge is 2.35. The van der Waals surface area contributed by atoms with Gasteiger partial charge in [-0.15, -0.1) is 0 Å². The molecule has 0 saturated heterocycles. The quantitative estimate of drug-likeness (QED) is 0.277. The van der Waals surface area contributed by atoms with Crippen LogP contribution in [-0.2, 0) is 26.2 Å². The Bertz CT molecular complexity index is 1450. The van der Waals surface area contributed by atoms with Crippen molar-refractivity contribution in [2.45, 2.75) is 64.1 Å². The van der Waals surface area contributed by atoms with Gasteiger partial charge in [0.05, 0.1) is 17.7 Å². The molecule has 0 saturated carbocycles. The van der Waals surface area contributed by atoms with Gasteiger partial charge in [0, 0.05) is 17.6 Å². The van der Waals surface area contributed by atoms with Crippen molar-refractivity contribution in [1.29, 1.82) is 0 Å². The van der Waals surface area contributed by atoms with Crippen molar-refractivity contribution in [2.75, 3.05) is 18.0 Å². The molecule has 0 aliphatic rings. The first-order chi connectivity index (χ1) is 19.5. The van der Waals surface area contributed by atoms with Crippen LogP contribution in [0.15, 0.2) is 77.7 Å². The normalized spacial score (nSPS) is 12.7. The van der Waals surface area contributed by atoms with E-state index in [2.05, 4.69) is 5.32 Å². The van der Waals surface area contributed by atoms with Crippen LogP contribution in [-0.4, -0.2) is 50.9 Å². The smallest absolute Gasteiger partial charge is 0.264 e. The number of nitrogens with zero attached hydrogens (tertiary/aromatic N) is 2. The Morgan fingerprint density at radius 1 is 0.951 bits per heavy atom. The average Bonchev–Trinajstić information content (AvgIpc) is 2.96. The lowest BCUT2D eigenvalue weighted by atomic mass is 10.1. The van der Waals surface area contributed by atoms with E-state index in [-0.39, 0.29) is 34.8 Å². The molecular formula is C31H38ClN3O5S. The Morgan fingerprint density at radius 2 is 1.59 bits per heavy atom. The van der Waals surface area contributed by atoms with Gasteiger partial charge in [0.1, 0.15) is 18.3 Å². The molecule has 3 aromatic rings. The predicted octanol–water partition coefficient (Wildman–Crippen LogP) is 5.57. The second-order valence-corrected chi connectivity index (χ2v) is 12.1. The first-order valence-electron chi connectivity index (χ1n) is 13.6. The number of carbonyl (C=O) groups is 2. The Hall–Kier alpha value is -3.56. The fourth-order valence-electron chi connectivity index (χ4n) is 4.36. The Morgan fingerprint density at radius 3 is 2.20 bits per heavy atom. The molecule has 0 heterocycles. The SMILES string of the molecule is CC[C@@H](C)NC(=O)[C@H](CC)N(Cc1ccccc1Cl)C(=O)CN(c1ccccc1OC)S(=O)(=O)c1ccc(C)cc1. The highest BCUT2D eigenvalue weighted by atomic mass is 35.5. The molecule has 0 spiro atoms. The maximum absolute atomic E-state index is 14.2. The molecule has 3 aromatic carbocycles. The minimum atomic E-state index is -4.21. The van der Waals surface area contributed by atoms with E-state index < -0.39 is 28.5 Å². The van der Waals surface area contributed by atoms with Crippen molar-refractivity contribution >= 4 is 39.1 Å². The molecule has 220 valence electrons. The van der Waals surface area contributed by atoms with Gasteiger partial charge in [0.25, 0.3) is 10.0 Å². The van der Waals surface area contributed by atoms with Crippen LogP contribution in [0.3, 0.4) is 0 Å². The van der Waals surface area contributed by atoms with Crippen molar-refractivity contribution in [2.24, 2.45) is 0 Å². The number of amides is 2. The number of halogens is 1. The molecule has 0 unspecified atom stereocenters. The summed E-state index contributed by atoms with van der Waals surface area (Å²) in [6.45, 7) is 6.99. The fraction of sp³-hybridized carbons (Fsp3) is 0.355. The number of carbonyl (C=O) groups excluding carboxylic acids is 2. The zero-order valence-electron chi connectivity index (χ0n) is 24.1. The summed E-state index contributed by atoms with van der Waals surface area (Å²) in [4.78, 5) is 29.0. The van der Waals surface area contributed by atoms with Gasteiger partial charge in [-0.25, -0.2) is 8.42 Å². The first-order valence-corrected chi connectivity index (χ1v) is 15.4. The third-order valence-corrected chi connectivity index (χ3v) is 9.07. The predicted molar refractivity (Wildman–Crippen MR) is 163 cm³/mol. The third kappa shape index (κ3) is 7.80. The average molecular weight is 600 g/mol. The van der Waals surface area contributed by atoms with Crippen molar-refractivity contribution in [3.63, 3.8) is 0 Å². The summed E-state index contributed by atoms with van der Waals surface area (Å²) in [6.07, 6.45) is 1.04. The van der Waals surface area contributed by atoms with Crippen LogP contribution in [0.2, 0.25) is 5.02 Å². The molecule has 0 fully saturated rings. The number of nitrogens with one attached hydrogen (secondary N) is 1. The molecule has 8 nitrogen and oxygen atoms in total. The molecule has 2 amide bonds. The number of benzene rings is 3. The van der Waals surface area contributed by atoms with Crippen LogP contribution < -0.4 is 14.4 Å². The summed E-state index contributed by atoms with van der Waals surface area (Å²) in [5.41, 5.74) is 1.74. The van der Waals surface area contributed by atoms with Gasteiger partial charge in [-0.3, -0.25) is 13.9 Å². The molecule has 2 atom stereocenters. The molecule has 0 aliphatic heterocycles. The van der Waals surface area contributed by atoms with Gasteiger partial charge in [-0.2, -0.15) is 0 Å². The summed E-state index contributed by atoms with van der Waals surface area (Å²) >= 11 is 6.45. The number of methoxy groups -OCH3 is 1. The lowest BCUT2D eigenvalue weighted by Gasteiger charge is -2.34. The number of anilines is 1. The second-order valence-electron chi connectivity index (χ2n) is 9.85. The molecule has 0 radical (unpaired) electrons. The Labute approximate surface area is 248 Å². The lowest BCUT2D eigenvalue weighted by molar-refractivity contribution is -0.140. The molecule has 0 aromatic heterocycles. The summed E-state index contributed by atoms with van der Waals surface area (Å²) in [6, 6.07) is 19.2. The highest BCUT2D eigenvalue weighted by molar-refractivity contribution is 7.92. The van der Waals surface area contributed by atoms with Gasteiger partial charge < -0.3 is 15.0 Å². The lowest BCUT2D eigenvalue weighted by Crippen LogP contribution is -2.53. The van der Waals surface area contributed by atoms with E-state index in [1.807, 2.05) is 27.7 Å². The number of aryl methyl sites for hydroxylation is 1. The minimum Gasteiger partial charge on any atom is -0.495 e. The topological polar surface area (TPSA) is 96.0 Å². The maximum atomic E-state index is 14.2. The number of sulfonamides is 1. The van der Waals surface area contributed by atoms with Crippen LogP contribution >= 0.6 is 11.6 Å². The van der Waals surface area contributed by atoms with Crippen molar-refractivity contribution < 1.29 is 22.7 Å². The molecule has 1 N–H and O–H groups in total. The monoisotopic (exact) mass is 599 g/mol. The van der Waals surface area contributed by atoms with Crippen LogP contribution in [0.5, 0.6) is 5.75 Å². The van der Waals surface area contributed by atoms with E-state index in [1.165, 1.54) is 24.1 Å². The van der Waals surface area contributed by atoms with Gasteiger partial charge in [-0.1, -0.05) is 73.5 Å². The maximum Gasteiger partial charge on any atom is 0.264 e. The van der Waals surface area contributed by atoms with Crippen LogP contribution in [0.4, 0.5) is 5.69 Å². The highest BCUT2D eigenvalue weighted by Crippen LogP contribution is 2.33. The summed E-state index contributed by atoms with van der Waals surface area (Å²) in [5, 5.41) is 3.40. The summed E-state index contributed by atoms with van der Waals surface area (Å²) in [5.74, 6) is -0.583. The van der Waals surface area contributed by atoms with E-state index in [4.69, 9.17) is 16.3 Å². The first kappa shape index (κ1) is 32.0. The van der Waals surface area contributed by atoms with E-state index in [0.29, 0.717) is 17.0 Å². The van der Waals surface area contributed by atoms with Crippen molar-refractivity contribution in [3.05, 3.63) is 88.9 Å². The summed E-state index contributed by atoms with van der Waals surface area (Å²) in [7, 11) is -2.77. The number of para-hydroxylation sites is 2. The number of hydrogen-bond acceptors (Lipinski definition) is 5. The van der Waals surface area contributed by atoms with Crippen molar-refractivity contribution in [1.82, 2.24) is 10.2 Å². The van der Waals surface area contributed by atoms with Gasteiger partial charge in [-0.05, 0) is 62.6 Å². The largest absolute Gasteiger partial charge is 0.495 e. The van der Waals surface area contributed by atoms with Crippen molar-refractivity contribution in [3.8, 4) is 5.75 Å². The van der Waals surface area contributed by atoms with E-state index in [1.54, 1.807) is 60.7 Å². The molecular weight excluding hydrogens is 562 g/mol. The van der Waals surface area contributed by atoms with Gasteiger partial charge >= 0.3 is 0 Å². The fourth-order valence-corrected chi connectivity index (χ4v) is 5.98. The van der Waals surface area contributed by atoms with Gasteiger partial charge in [0.2, 0.25) is 11.8 Å². The van der Waals surface area contributed by atoms with Crippen LogP contribution in [0.1, 0.15) is 44.7 Å². The molecule has 0 bridgehead atoms. The number of rotatable bonds is 13. The number of hydrogen-bond donors (Lipinski definition) is 1. The van der Waals surface area contributed by atoms with E-state index >= 15 is 0 Å². The third-order valence-electron chi connectivity index (χ3n) is 6.93. The summed E-state index contributed by atoms with van der Waals surface area (Å²) < 4.78 is 34.6. The molecule has 3 rings (SSSR count). The van der Waals surface area contributed by atoms with Crippen LogP contribution in [0.25, 0.3) is 0 Å². The standard InChI is InChI=1S/C31H38ClN3O5S/c1-6-23(4)33-31(37)27(7-2)34(20-24-12-8-9-13-26(24)32)30(36)21-35(28-14-10-11-15-29(28)40-5)41(38,39)25-18-16-22(3)17-19-25/h8-19,23,27H,6-7,20-21H2,1-5H3,(H,33,37)/t23-,27+/m1/s1. The van der Waals surface area contributed by atoms with Crippen LogP contribution in [0, 0.1) is 6.92 Å². The second kappa shape index (κ2) is 14.4. The minimum absolute atomic E-state index is 0.0231. The molecule has 10 heteroatoms.